The second-order valence-electron chi connectivity index (χ2n) is 12.1. The summed E-state index contributed by atoms with van der Waals surface area (Å²) in [5.41, 5.74) is 16.7. The van der Waals surface area contributed by atoms with E-state index in [9.17, 15) is 35.4 Å². The minimum atomic E-state index is -1.86. The number of aliphatic hydroxyl groups is 6. The first-order valence-corrected chi connectivity index (χ1v) is 14.8. The number of likely N-dealkylation sites (N-methyl/N-ethyl adjacent to an activating group) is 1. The molecule has 252 valence electrons. The summed E-state index contributed by atoms with van der Waals surface area (Å²) in [7, 11) is 1.55. The Bertz CT molecular complexity index is 875. The van der Waals surface area contributed by atoms with E-state index in [4.69, 9.17) is 36.1 Å². The lowest BCUT2D eigenvalue weighted by Gasteiger charge is -2.49. The van der Waals surface area contributed by atoms with Crippen molar-refractivity contribution in [3.63, 3.8) is 0 Å². The van der Waals surface area contributed by atoms with Crippen molar-refractivity contribution in [3.8, 4) is 0 Å². The highest BCUT2D eigenvalue weighted by molar-refractivity contribution is 5.81. The number of nitrogens with two attached hydrogens (primary N) is 3. The molecule has 3 rings (SSSR count). The van der Waals surface area contributed by atoms with Gasteiger partial charge in [0.2, 0.25) is 0 Å². The van der Waals surface area contributed by atoms with Crippen LogP contribution in [0.15, 0.2) is 0 Å². The van der Waals surface area contributed by atoms with Crippen LogP contribution in [0.5, 0.6) is 0 Å². The molecule has 43 heavy (non-hydrogen) atoms. The molecule has 2 saturated heterocycles. The third kappa shape index (κ3) is 9.21. The fraction of sp³-hybridized carbons (Fsp3) is 0.962. The summed E-state index contributed by atoms with van der Waals surface area (Å²) < 4.78 is 23.9. The number of carbonyl (C=O) groups is 1. The number of hydrogen-bond donors (Lipinski definition) is 12. The summed E-state index contributed by atoms with van der Waals surface area (Å²) in [5, 5.41) is 71.2. The molecule has 0 spiro atoms. The van der Waals surface area contributed by atoms with Gasteiger partial charge < -0.3 is 82.7 Å². The van der Waals surface area contributed by atoms with E-state index < -0.39 is 91.0 Å². The van der Waals surface area contributed by atoms with Crippen LogP contribution < -0.4 is 33.2 Å². The van der Waals surface area contributed by atoms with E-state index in [1.165, 1.54) is 6.92 Å². The van der Waals surface area contributed by atoms with Gasteiger partial charge in [-0.3, -0.25) is 4.79 Å². The number of ether oxygens (including phenoxy) is 4. The van der Waals surface area contributed by atoms with Gasteiger partial charge in [0.25, 0.3) is 5.91 Å². The molecular formula is C26H52N6O11. The molecule has 17 nitrogen and oxygen atoms in total. The number of carbonyl (C=O) groups excluding carboxylic acids is 1. The Morgan fingerprint density at radius 2 is 1.74 bits per heavy atom. The summed E-state index contributed by atoms with van der Waals surface area (Å²) in [6.45, 7) is 3.39. The molecule has 2 heterocycles. The Kier molecular flexibility index (Phi) is 13.5. The van der Waals surface area contributed by atoms with Crippen LogP contribution in [0.25, 0.3) is 0 Å². The van der Waals surface area contributed by atoms with Crippen molar-refractivity contribution in [2.75, 3.05) is 33.3 Å². The third-order valence-corrected chi connectivity index (χ3v) is 8.25. The van der Waals surface area contributed by atoms with Crippen molar-refractivity contribution < 1.29 is 54.4 Å². The van der Waals surface area contributed by atoms with Gasteiger partial charge in [0.15, 0.2) is 18.7 Å². The molecule has 0 bridgehead atoms. The number of rotatable bonds is 13. The average molecular weight is 625 g/mol. The van der Waals surface area contributed by atoms with Crippen molar-refractivity contribution in [1.82, 2.24) is 16.0 Å². The van der Waals surface area contributed by atoms with Crippen molar-refractivity contribution in [1.29, 1.82) is 0 Å². The van der Waals surface area contributed by atoms with Crippen LogP contribution in [-0.2, 0) is 23.7 Å². The van der Waals surface area contributed by atoms with Gasteiger partial charge in [-0.15, -0.1) is 0 Å². The number of amides is 1. The minimum Gasteiger partial charge on any atom is -0.392 e. The first-order chi connectivity index (χ1) is 20.2. The van der Waals surface area contributed by atoms with Crippen LogP contribution in [0, 0.1) is 0 Å². The smallest absolute Gasteiger partial charge is 0.251 e. The fourth-order valence-corrected chi connectivity index (χ4v) is 5.79. The molecular weight excluding hydrogens is 572 g/mol. The van der Waals surface area contributed by atoms with E-state index in [0.717, 1.165) is 0 Å². The first-order valence-electron chi connectivity index (χ1n) is 14.8. The Morgan fingerprint density at radius 3 is 2.37 bits per heavy atom. The molecule has 0 aromatic heterocycles. The molecule has 17 heteroatoms. The Labute approximate surface area is 251 Å². The lowest BCUT2D eigenvalue weighted by atomic mass is 9.83. The predicted octanol–water partition coefficient (Wildman–Crippen LogP) is -6.13. The largest absolute Gasteiger partial charge is 0.392 e. The summed E-state index contributed by atoms with van der Waals surface area (Å²) in [4.78, 5) is 12.7. The van der Waals surface area contributed by atoms with Gasteiger partial charge in [0.1, 0.15) is 36.1 Å². The van der Waals surface area contributed by atoms with Crippen LogP contribution >= 0.6 is 0 Å². The minimum absolute atomic E-state index is 0.0130. The predicted molar refractivity (Wildman–Crippen MR) is 151 cm³/mol. The molecule has 1 amide bonds. The Morgan fingerprint density at radius 1 is 1.07 bits per heavy atom. The molecule has 1 saturated carbocycles. The summed E-state index contributed by atoms with van der Waals surface area (Å²) >= 11 is 0. The molecule has 0 aromatic rings. The highest BCUT2D eigenvalue weighted by Crippen LogP contribution is 2.32. The van der Waals surface area contributed by atoms with E-state index >= 15 is 0 Å². The molecule has 15 N–H and O–H groups in total. The maximum atomic E-state index is 12.7. The van der Waals surface area contributed by atoms with E-state index in [-0.39, 0.29) is 25.7 Å². The monoisotopic (exact) mass is 624 g/mol. The molecule has 15 unspecified atom stereocenters. The topological polar surface area (TPSA) is 290 Å². The van der Waals surface area contributed by atoms with E-state index in [1.54, 1.807) is 14.0 Å². The van der Waals surface area contributed by atoms with E-state index in [1.807, 2.05) is 0 Å². The first kappa shape index (κ1) is 36.3. The summed E-state index contributed by atoms with van der Waals surface area (Å²) in [5.74, 6) is -0.971. The zero-order chi connectivity index (χ0) is 32.1. The molecule has 15 atom stereocenters. The normalized spacial score (nSPS) is 42.7. The van der Waals surface area contributed by atoms with Crippen LogP contribution in [0.4, 0.5) is 0 Å². The second kappa shape index (κ2) is 15.9. The molecule has 0 aromatic carbocycles. The molecule has 3 aliphatic rings. The molecule has 3 fully saturated rings. The zero-order valence-corrected chi connectivity index (χ0v) is 25.0. The third-order valence-electron chi connectivity index (χ3n) is 8.25. The van der Waals surface area contributed by atoms with Gasteiger partial charge in [-0.25, -0.2) is 0 Å². The lowest BCUT2D eigenvalue weighted by molar-refractivity contribution is -0.307. The van der Waals surface area contributed by atoms with Gasteiger partial charge in [-0.1, -0.05) is 0 Å². The van der Waals surface area contributed by atoms with Crippen molar-refractivity contribution in [3.05, 3.63) is 0 Å². The van der Waals surface area contributed by atoms with E-state index in [2.05, 4.69) is 16.0 Å². The van der Waals surface area contributed by atoms with Crippen molar-refractivity contribution >= 4 is 5.91 Å². The van der Waals surface area contributed by atoms with Crippen molar-refractivity contribution in [2.24, 2.45) is 17.2 Å². The molecule has 2 aliphatic heterocycles. The van der Waals surface area contributed by atoms with Crippen LogP contribution in [0.2, 0.25) is 0 Å². The standard InChI is InChI=1S/C26H52N6O11/c1-11(33)8-31-9-12-4-5-13(28)24(41-12)42-20-14(29)6-15(32-23(38)17(35)16(34)7-27)21(18(20)36)43-25-19(37)22(30-3)26(2,39)10-40-25/h11-22,24-25,30-31,33-37,39H,4-10,27-29H2,1-3H3,(H,32,38). The highest BCUT2D eigenvalue weighted by atomic mass is 16.7. The van der Waals surface area contributed by atoms with Gasteiger partial charge >= 0.3 is 0 Å². The molecule has 0 radical (unpaired) electrons. The average Bonchev–Trinajstić information content (AvgIpc) is 2.94. The Balaban J connectivity index is 1.79. The van der Waals surface area contributed by atoms with Crippen LogP contribution in [-0.4, -0.2) is 161 Å². The summed E-state index contributed by atoms with van der Waals surface area (Å²) in [6.07, 6.45) is -10.6. The Hall–Kier alpha value is -1.13. The van der Waals surface area contributed by atoms with Gasteiger partial charge in [0, 0.05) is 25.7 Å². The maximum Gasteiger partial charge on any atom is 0.251 e. The number of hydrogen-bond acceptors (Lipinski definition) is 16. The van der Waals surface area contributed by atoms with Crippen LogP contribution in [0.1, 0.15) is 33.1 Å². The fourth-order valence-electron chi connectivity index (χ4n) is 5.79. The van der Waals surface area contributed by atoms with Gasteiger partial charge in [-0.05, 0) is 40.2 Å². The summed E-state index contributed by atoms with van der Waals surface area (Å²) in [6, 6.07) is -3.28. The number of nitrogens with one attached hydrogen (secondary N) is 3. The SMILES string of the molecule is CNC1C(O)C(OC2C(NC(=O)C(O)C(O)CN)CC(N)C(OC3OC(CNCC(C)O)CCC3N)C2O)OCC1(C)O. The van der Waals surface area contributed by atoms with E-state index in [0.29, 0.717) is 25.9 Å². The van der Waals surface area contributed by atoms with Crippen LogP contribution in [0.3, 0.4) is 0 Å². The maximum absolute atomic E-state index is 12.7. The lowest BCUT2D eigenvalue weighted by Crippen LogP contribution is -2.69. The highest BCUT2D eigenvalue weighted by Gasteiger charge is 2.52. The van der Waals surface area contributed by atoms with Gasteiger partial charge in [0.05, 0.1) is 36.9 Å². The quantitative estimate of drug-likeness (QED) is 0.0907. The second-order valence-corrected chi connectivity index (χ2v) is 12.1. The number of aliphatic hydroxyl groups excluding tert-OH is 5. The van der Waals surface area contributed by atoms with Gasteiger partial charge in [-0.2, -0.15) is 0 Å². The zero-order valence-electron chi connectivity index (χ0n) is 25.0. The van der Waals surface area contributed by atoms with Crippen molar-refractivity contribution in [2.45, 2.75) is 124 Å². The molecule has 1 aliphatic carbocycles.